The van der Waals surface area contributed by atoms with E-state index in [1.54, 1.807) is 11.3 Å². The van der Waals surface area contributed by atoms with Crippen molar-refractivity contribution in [3.8, 4) is 0 Å². The highest BCUT2D eigenvalue weighted by molar-refractivity contribution is 7.14. The number of aromatic nitrogens is 1. The Bertz CT molecular complexity index is 448. The number of likely N-dealkylation sites (N-methyl/N-ethyl adjacent to an activating group) is 1. The summed E-state index contributed by atoms with van der Waals surface area (Å²) in [6.45, 7) is 10.1. The number of piperidine rings is 1. The van der Waals surface area contributed by atoms with Crippen molar-refractivity contribution in [2.45, 2.75) is 52.0 Å². The SMILES string of the molecule is CCNC1CCCN(c2nc(C(C)(C)C)cs2)C1=O. The lowest BCUT2D eigenvalue weighted by Crippen LogP contribution is -2.50. The fraction of sp³-hybridized carbons (Fsp3) is 0.714. The molecule has 4 nitrogen and oxygen atoms in total. The van der Waals surface area contributed by atoms with Crippen LogP contribution in [0, 0.1) is 0 Å². The second-order valence-electron chi connectivity index (χ2n) is 6.01. The molecule has 1 fully saturated rings. The summed E-state index contributed by atoms with van der Waals surface area (Å²) < 4.78 is 0. The first-order valence-corrected chi connectivity index (χ1v) is 7.82. The minimum atomic E-state index is -0.0410. The van der Waals surface area contributed by atoms with Crippen LogP contribution in [0.2, 0.25) is 0 Å². The van der Waals surface area contributed by atoms with Crippen molar-refractivity contribution in [3.63, 3.8) is 0 Å². The molecule has 0 radical (unpaired) electrons. The average molecular weight is 281 g/mol. The van der Waals surface area contributed by atoms with Gasteiger partial charge in [0.1, 0.15) is 0 Å². The molecule has 2 rings (SSSR count). The molecular weight excluding hydrogens is 258 g/mol. The fourth-order valence-electron chi connectivity index (χ4n) is 2.23. The molecule has 0 spiro atoms. The van der Waals surface area contributed by atoms with Gasteiger partial charge in [-0.1, -0.05) is 27.7 Å². The number of amides is 1. The third-order valence-electron chi connectivity index (χ3n) is 3.38. The Morgan fingerprint density at radius 1 is 1.53 bits per heavy atom. The fourth-order valence-corrected chi connectivity index (χ4v) is 3.32. The van der Waals surface area contributed by atoms with Crippen LogP contribution in [0.3, 0.4) is 0 Å². The van der Waals surface area contributed by atoms with Crippen LogP contribution in [0.5, 0.6) is 0 Å². The Kier molecular flexibility index (Phi) is 4.26. The van der Waals surface area contributed by atoms with Crippen molar-refractivity contribution in [1.29, 1.82) is 0 Å². The quantitative estimate of drug-likeness (QED) is 0.926. The molecule has 2 heterocycles. The van der Waals surface area contributed by atoms with Crippen LogP contribution in [-0.4, -0.2) is 30.0 Å². The van der Waals surface area contributed by atoms with Gasteiger partial charge in [-0.2, -0.15) is 0 Å². The van der Waals surface area contributed by atoms with E-state index in [9.17, 15) is 4.79 Å². The molecule has 1 unspecified atom stereocenters. The Hall–Kier alpha value is -0.940. The lowest BCUT2D eigenvalue weighted by molar-refractivity contribution is -0.121. The van der Waals surface area contributed by atoms with Crippen LogP contribution < -0.4 is 10.2 Å². The van der Waals surface area contributed by atoms with Crippen molar-refractivity contribution in [2.24, 2.45) is 0 Å². The van der Waals surface area contributed by atoms with Gasteiger partial charge in [0.05, 0.1) is 11.7 Å². The van der Waals surface area contributed by atoms with Crippen molar-refractivity contribution < 1.29 is 4.79 Å². The highest BCUT2D eigenvalue weighted by Gasteiger charge is 2.31. The standard InChI is InChI=1S/C14H23N3OS/c1-5-15-10-7-6-8-17(12(10)18)13-16-11(9-19-13)14(2,3)4/h9-10,15H,5-8H2,1-4H3. The van der Waals surface area contributed by atoms with Gasteiger partial charge < -0.3 is 5.32 Å². The van der Waals surface area contributed by atoms with E-state index < -0.39 is 0 Å². The predicted molar refractivity (Wildman–Crippen MR) is 79.9 cm³/mol. The van der Waals surface area contributed by atoms with Crippen LogP contribution in [0.4, 0.5) is 5.13 Å². The molecule has 1 aliphatic heterocycles. The van der Waals surface area contributed by atoms with Crippen LogP contribution in [-0.2, 0) is 10.2 Å². The first kappa shape index (κ1) is 14.5. The Labute approximate surface area is 119 Å². The first-order valence-electron chi connectivity index (χ1n) is 6.94. The molecule has 106 valence electrons. The minimum absolute atomic E-state index is 0.0364. The number of rotatable bonds is 3. The lowest BCUT2D eigenvalue weighted by Gasteiger charge is -2.30. The van der Waals surface area contributed by atoms with Gasteiger partial charge in [-0.15, -0.1) is 11.3 Å². The molecule has 0 saturated carbocycles. The van der Waals surface area contributed by atoms with Crippen molar-refractivity contribution in [2.75, 3.05) is 18.0 Å². The minimum Gasteiger partial charge on any atom is -0.306 e. The summed E-state index contributed by atoms with van der Waals surface area (Å²) in [5, 5.41) is 6.17. The molecule has 0 bridgehead atoms. The molecule has 0 aromatic carbocycles. The zero-order chi connectivity index (χ0) is 14.0. The molecule has 1 saturated heterocycles. The highest BCUT2D eigenvalue weighted by atomic mass is 32.1. The van der Waals surface area contributed by atoms with E-state index >= 15 is 0 Å². The Morgan fingerprint density at radius 3 is 2.84 bits per heavy atom. The number of carbonyl (C=O) groups is 1. The van der Waals surface area contributed by atoms with Gasteiger partial charge in [-0.25, -0.2) is 4.98 Å². The molecule has 5 heteroatoms. The zero-order valence-electron chi connectivity index (χ0n) is 12.2. The number of nitrogens with one attached hydrogen (secondary N) is 1. The lowest BCUT2D eigenvalue weighted by atomic mass is 9.93. The average Bonchev–Trinajstić information content (AvgIpc) is 2.81. The second-order valence-corrected chi connectivity index (χ2v) is 6.84. The normalized spacial score (nSPS) is 20.9. The highest BCUT2D eigenvalue weighted by Crippen LogP contribution is 2.30. The van der Waals surface area contributed by atoms with Gasteiger partial charge in [-0.05, 0) is 19.4 Å². The van der Waals surface area contributed by atoms with E-state index in [-0.39, 0.29) is 17.4 Å². The van der Waals surface area contributed by atoms with Gasteiger partial charge in [-0.3, -0.25) is 9.69 Å². The van der Waals surface area contributed by atoms with Gasteiger partial charge in [0, 0.05) is 17.3 Å². The van der Waals surface area contributed by atoms with Crippen LogP contribution in [0.15, 0.2) is 5.38 Å². The number of carbonyl (C=O) groups excluding carboxylic acids is 1. The summed E-state index contributed by atoms with van der Waals surface area (Å²) in [5.41, 5.74) is 1.10. The van der Waals surface area contributed by atoms with Gasteiger partial charge in [0.15, 0.2) is 5.13 Å². The van der Waals surface area contributed by atoms with E-state index in [1.165, 1.54) is 0 Å². The molecule has 1 aromatic heterocycles. The first-order chi connectivity index (χ1) is 8.93. The zero-order valence-corrected chi connectivity index (χ0v) is 13.0. The topological polar surface area (TPSA) is 45.2 Å². The summed E-state index contributed by atoms with van der Waals surface area (Å²) in [4.78, 5) is 18.9. The second kappa shape index (κ2) is 5.59. The van der Waals surface area contributed by atoms with Gasteiger partial charge in [0.25, 0.3) is 0 Å². The summed E-state index contributed by atoms with van der Waals surface area (Å²) in [7, 11) is 0. The summed E-state index contributed by atoms with van der Waals surface area (Å²) in [6.07, 6.45) is 1.97. The van der Waals surface area contributed by atoms with Gasteiger partial charge >= 0.3 is 0 Å². The number of hydrogen-bond donors (Lipinski definition) is 1. The summed E-state index contributed by atoms with van der Waals surface area (Å²) in [6, 6.07) is -0.0410. The maximum absolute atomic E-state index is 12.4. The number of hydrogen-bond acceptors (Lipinski definition) is 4. The van der Waals surface area contributed by atoms with Gasteiger partial charge in [0.2, 0.25) is 5.91 Å². The van der Waals surface area contributed by atoms with Crippen molar-refractivity contribution >= 4 is 22.4 Å². The smallest absolute Gasteiger partial charge is 0.245 e. The van der Waals surface area contributed by atoms with E-state index in [1.807, 2.05) is 11.8 Å². The molecule has 1 aromatic rings. The number of nitrogens with zero attached hydrogens (tertiary/aromatic N) is 2. The van der Waals surface area contributed by atoms with Crippen molar-refractivity contribution in [3.05, 3.63) is 11.1 Å². The van der Waals surface area contributed by atoms with Crippen LogP contribution in [0.1, 0.15) is 46.2 Å². The molecule has 0 aliphatic carbocycles. The molecule has 1 N–H and O–H groups in total. The van der Waals surface area contributed by atoms with Crippen molar-refractivity contribution in [1.82, 2.24) is 10.3 Å². The molecule has 19 heavy (non-hydrogen) atoms. The predicted octanol–water partition coefficient (Wildman–Crippen LogP) is 2.55. The molecular formula is C14H23N3OS. The van der Waals surface area contributed by atoms with E-state index in [4.69, 9.17) is 0 Å². The largest absolute Gasteiger partial charge is 0.306 e. The van der Waals surface area contributed by atoms with E-state index in [0.29, 0.717) is 0 Å². The van der Waals surface area contributed by atoms with Crippen LogP contribution in [0.25, 0.3) is 0 Å². The molecule has 1 aliphatic rings. The maximum atomic E-state index is 12.4. The maximum Gasteiger partial charge on any atom is 0.245 e. The Morgan fingerprint density at radius 2 is 2.26 bits per heavy atom. The summed E-state index contributed by atoms with van der Waals surface area (Å²) >= 11 is 1.57. The van der Waals surface area contributed by atoms with E-state index in [2.05, 4.69) is 36.5 Å². The summed E-state index contributed by atoms with van der Waals surface area (Å²) in [5.74, 6) is 0.169. The third-order valence-corrected chi connectivity index (χ3v) is 4.24. The Balaban J connectivity index is 2.17. The third kappa shape index (κ3) is 3.15. The van der Waals surface area contributed by atoms with Crippen LogP contribution >= 0.6 is 11.3 Å². The number of thiazole rings is 1. The monoisotopic (exact) mass is 281 g/mol. The molecule has 1 atom stereocenters. The molecule has 1 amide bonds. The van der Waals surface area contributed by atoms with E-state index in [0.717, 1.165) is 36.8 Å². The number of anilines is 1.